The van der Waals surface area contributed by atoms with Crippen LogP contribution in [-0.4, -0.2) is 55.5 Å². The minimum atomic E-state index is -0.502. The number of rotatable bonds is 7. The molecule has 0 radical (unpaired) electrons. The first-order valence-electron chi connectivity index (χ1n) is 11.7. The van der Waals surface area contributed by atoms with E-state index in [1.54, 1.807) is 18.1 Å². The number of ketones is 1. The maximum absolute atomic E-state index is 13.4. The summed E-state index contributed by atoms with van der Waals surface area (Å²) in [5, 5.41) is 2.39. The van der Waals surface area contributed by atoms with Crippen LogP contribution in [0.3, 0.4) is 0 Å². The molecule has 2 atom stereocenters. The Kier molecular flexibility index (Phi) is 6.89. The molecular formula is C28H32N2O4. The van der Waals surface area contributed by atoms with Gasteiger partial charge in [-0.3, -0.25) is 14.5 Å². The highest BCUT2D eigenvalue weighted by atomic mass is 16.5. The number of hydrogen-bond donors (Lipinski definition) is 0. The minimum Gasteiger partial charge on any atom is -0.493 e. The highest BCUT2D eigenvalue weighted by molar-refractivity contribution is 6.43. The van der Waals surface area contributed by atoms with E-state index < -0.39 is 11.7 Å². The molecular weight excluding hydrogens is 428 g/mol. The van der Waals surface area contributed by atoms with Crippen LogP contribution in [0, 0.1) is 0 Å². The van der Waals surface area contributed by atoms with E-state index in [9.17, 15) is 9.59 Å². The van der Waals surface area contributed by atoms with Crippen molar-refractivity contribution in [2.45, 2.75) is 38.9 Å². The number of Topliss-reactive ketones (excluding diaryl/α,β-unsaturated/α-hetero) is 1. The summed E-state index contributed by atoms with van der Waals surface area (Å²) in [4.78, 5) is 30.6. The van der Waals surface area contributed by atoms with Crippen molar-refractivity contribution in [2.75, 3.05) is 27.8 Å². The number of ether oxygens (including phenoxy) is 2. The smallest absolute Gasteiger partial charge is 0.296 e. The Bertz CT molecular complexity index is 1220. The number of benzene rings is 3. The summed E-state index contributed by atoms with van der Waals surface area (Å²) in [7, 11) is 5.12. The molecule has 178 valence electrons. The van der Waals surface area contributed by atoms with Gasteiger partial charge < -0.3 is 14.4 Å². The topological polar surface area (TPSA) is 59.1 Å². The molecule has 4 rings (SSSR count). The third-order valence-corrected chi connectivity index (χ3v) is 7.01. The number of carbonyl (C=O) groups excluding carboxylic acids is 2. The van der Waals surface area contributed by atoms with E-state index in [0.29, 0.717) is 36.4 Å². The van der Waals surface area contributed by atoms with E-state index in [-0.39, 0.29) is 12.2 Å². The van der Waals surface area contributed by atoms with Gasteiger partial charge >= 0.3 is 0 Å². The lowest BCUT2D eigenvalue weighted by molar-refractivity contribution is -0.133. The fraction of sp³-hybridized carbons (Fsp3) is 0.357. The van der Waals surface area contributed by atoms with Crippen molar-refractivity contribution in [3.05, 3.63) is 71.3 Å². The second-order valence-corrected chi connectivity index (χ2v) is 8.74. The predicted molar refractivity (Wildman–Crippen MR) is 133 cm³/mol. The summed E-state index contributed by atoms with van der Waals surface area (Å²) in [6.45, 7) is 4.66. The summed E-state index contributed by atoms with van der Waals surface area (Å²) in [5.41, 5.74) is 2.40. The first-order chi connectivity index (χ1) is 16.4. The Hall–Kier alpha value is -3.38. The molecule has 1 aliphatic heterocycles. The zero-order valence-corrected chi connectivity index (χ0v) is 20.5. The normalized spacial score (nSPS) is 15.8. The van der Waals surface area contributed by atoms with Crippen LogP contribution in [0.4, 0.5) is 0 Å². The Morgan fingerprint density at radius 3 is 2.38 bits per heavy atom. The van der Waals surface area contributed by atoms with Gasteiger partial charge in [0.1, 0.15) is 0 Å². The molecule has 2 unspecified atom stereocenters. The first kappa shape index (κ1) is 23.8. The Morgan fingerprint density at radius 2 is 1.68 bits per heavy atom. The van der Waals surface area contributed by atoms with Crippen LogP contribution < -0.4 is 9.47 Å². The summed E-state index contributed by atoms with van der Waals surface area (Å²) < 4.78 is 10.8. The number of methoxy groups -OCH3 is 2. The molecule has 6 nitrogen and oxygen atoms in total. The maximum atomic E-state index is 13.4. The largest absolute Gasteiger partial charge is 0.493 e. The van der Waals surface area contributed by atoms with Gasteiger partial charge in [0.05, 0.1) is 20.4 Å². The van der Waals surface area contributed by atoms with Gasteiger partial charge in [-0.2, -0.15) is 0 Å². The van der Waals surface area contributed by atoms with Crippen LogP contribution in [0.2, 0.25) is 0 Å². The Morgan fingerprint density at radius 1 is 1.00 bits per heavy atom. The molecule has 1 aliphatic rings. The summed E-state index contributed by atoms with van der Waals surface area (Å²) in [5.74, 6) is 0.0289. The van der Waals surface area contributed by atoms with Crippen LogP contribution in [-0.2, 0) is 11.2 Å². The molecule has 0 saturated heterocycles. The van der Waals surface area contributed by atoms with E-state index in [0.717, 1.165) is 5.56 Å². The molecule has 1 heterocycles. The SMILES string of the molecule is CCC(N1CCc2cc(OC)c(OC)cc2C(=O)C1=O)N(C)C(C)c1cccc2ccccc12. The highest BCUT2D eigenvalue weighted by Gasteiger charge is 2.36. The number of hydrogen-bond acceptors (Lipinski definition) is 5. The molecule has 3 aromatic carbocycles. The molecule has 0 aromatic heterocycles. The van der Waals surface area contributed by atoms with E-state index in [1.807, 2.05) is 25.2 Å². The summed E-state index contributed by atoms with van der Waals surface area (Å²) >= 11 is 0. The Balaban J connectivity index is 1.65. The second kappa shape index (κ2) is 9.85. The number of fused-ring (bicyclic) bond motifs is 2. The van der Waals surface area contributed by atoms with Gasteiger partial charge in [-0.15, -0.1) is 0 Å². The summed E-state index contributed by atoms with van der Waals surface area (Å²) in [6, 6.07) is 18.1. The van der Waals surface area contributed by atoms with Crippen molar-refractivity contribution in [1.29, 1.82) is 0 Å². The standard InChI is InChI=1S/C28H32N2O4/c1-6-26(29(3)18(2)21-13-9-11-19-10-7-8-12-22(19)21)30-15-14-20-16-24(33-4)25(34-5)17-23(20)27(31)28(30)32/h7-13,16-18,26H,6,14-15H2,1-5H3. The van der Waals surface area contributed by atoms with E-state index in [1.165, 1.54) is 23.4 Å². The Labute approximate surface area is 201 Å². The molecule has 1 amide bonds. The summed E-state index contributed by atoms with van der Waals surface area (Å²) in [6.07, 6.45) is 1.05. The van der Waals surface area contributed by atoms with Gasteiger partial charge in [-0.05, 0) is 60.8 Å². The molecule has 3 aromatic rings. The van der Waals surface area contributed by atoms with Gasteiger partial charge in [-0.25, -0.2) is 0 Å². The quantitative estimate of drug-likeness (QED) is 0.472. The van der Waals surface area contributed by atoms with Gasteiger partial charge in [0, 0.05) is 18.2 Å². The van der Waals surface area contributed by atoms with Crippen LogP contribution in [0.5, 0.6) is 11.5 Å². The van der Waals surface area contributed by atoms with E-state index in [2.05, 4.69) is 49.1 Å². The van der Waals surface area contributed by atoms with E-state index in [4.69, 9.17) is 9.47 Å². The van der Waals surface area contributed by atoms with Crippen molar-refractivity contribution in [3.8, 4) is 11.5 Å². The zero-order chi connectivity index (χ0) is 24.4. The minimum absolute atomic E-state index is 0.0461. The van der Waals surface area contributed by atoms with Crippen LogP contribution in [0.25, 0.3) is 10.8 Å². The maximum Gasteiger partial charge on any atom is 0.296 e. The second-order valence-electron chi connectivity index (χ2n) is 8.74. The number of carbonyl (C=O) groups is 2. The fourth-order valence-corrected chi connectivity index (χ4v) is 5.03. The fourth-order valence-electron chi connectivity index (χ4n) is 5.03. The van der Waals surface area contributed by atoms with Gasteiger partial charge in [0.25, 0.3) is 11.7 Å². The first-order valence-corrected chi connectivity index (χ1v) is 11.7. The lowest BCUT2D eigenvalue weighted by Gasteiger charge is -2.40. The van der Waals surface area contributed by atoms with Gasteiger partial charge in [0.2, 0.25) is 0 Å². The average Bonchev–Trinajstić information content (AvgIpc) is 2.99. The molecule has 6 heteroatoms. The number of amides is 1. The van der Waals surface area contributed by atoms with Gasteiger partial charge in [0.15, 0.2) is 11.5 Å². The molecule has 0 saturated carbocycles. The molecule has 0 fully saturated rings. The van der Waals surface area contributed by atoms with Gasteiger partial charge in [-0.1, -0.05) is 49.4 Å². The van der Waals surface area contributed by atoms with Crippen LogP contribution in [0.15, 0.2) is 54.6 Å². The molecule has 34 heavy (non-hydrogen) atoms. The predicted octanol–water partition coefficient (Wildman–Crippen LogP) is 4.85. The average molecular weight is 461 g/mol. The molecule has 0 N–H and O–H groups in total. The lowest BCUT2D eigenvalue weighted by Crippen LogP contribution is -2.51. The van der Waals surface area contributed by atoms with Crippen molar-refractivity contribution in [3.63, 3.8) is 0 Å². The molecule has 0 bridgehead atoms. The monoisotopic (exact) mass is 460 g/mol. The third kappa shape index (κ3) is 4.14. The van der Waals surface area contributed by atoms with E-state index >= 15 is 0 Å². The zero-order valence-electron chi connectivity index (χ0n) is 20.5. The van der Waals surface area contributed by atoms with Crippen molar-refractivity contribution >= 4 is 22.5 Å². The lowest BCUT2D eigenvalue weighted by atomic mass is 9.98. The molecule has 0 aliphatic carbocycles. The molecule has 0 spiro atoms. The highest BCUT2D eigenvalue weighted by Crippen LogP contribution is 2.34. The van der Waals surface area contributed by atoms with Crippen LogP contribution >= 0.6 is 0 Å². The number of nitrogens with zero attached hydrogens (tertiary/aromatic N) is 2. The van der Waals surface area contributed by atoms with Crippen molar-refractivity contribution < 1.29 is 19.1 Å². The van der Waals surface area contributed by atoms with Crippen molar-refractivity contribution in [1.82, 2.24) is 9.80 Å². The third-order valence-electron chi connectivity index (χ3n) is 7.01. The van der Waals surface area contributed by atoms with Crippen LogP contribution in [0.1, 0.15) is 47.8 Å². The van der Waals surface area contributed by atoms with Crippen molar-refractivity contribution in [2.24, 2.45) is 0 Å².